The van der Waals surface area contributed by atoms with Gasteiger partial charge in [-0.25, -0.2) is 8.42 Å². The monoisotopic (exact) mass is 392 g/mol. The fourth-order valence-corrected chi connectivity index (χ4v) is 3.12. The van der Waals surface area contributed by atoms with Crippen molar-refractivity contribution in [2.24, 2.45) is 0 Å². The topological polar surface area (TPSA) is 75.3 Å². The van der Waals surface area contributed by atoms with Crippen molar-refractivity contribution < 1.29 is 13.2 Å². The van der Waals surface area contributed by atoms with E-state index in [1.165, 1.54) is 6.08 Å². The zero-order valence-electron chi connectivity index (χ0n) is 14.6. The summed E-state index contributed by atoms with van der Waals surface area (Å²) in [5.41, 5.74) is 1.20. The van der Waals surface area contributed by atoms with Gasteiger partial charge >= 0.3 is 0 Å². The molecule has 2 rings (SSSR count). The lowest BCUT2D eigenvalue weighted by atomic mass is 10.1. The zero-order chi connectivity index (χ0) is 19.2. The Morgan fingerprint density at radius 3 is 2.46 bits per heavy atom. The van der Waals surface area contributed by atoms with Crippen LogP contribution in [0.3, 0.4) is 0 Å². The van der Waals surface area contributed by atoms with E-state index in [1.807, 2.05) is 13.8 Å². The standard InChI is InChI=1S/C19H21ClN2O3S/c1-3-14(2)21-19(23)17-6-4-5-7-18(17)22-26(24,25)13-12-15-8-10-16(20)11-9-15/h4-14,22H,3H2,1-2H3,(H,21,23)/b13-12+. The number of hydrogen-bond donors (Lipinski definition) is 2. The van der Waals surface area contributed by atoms with E-state index in [2.05, 4.69) is 10.0 Å². The van der Waals surface area contributed by atoms with Crippen LogP contribution in [0.25, 0.3) is 6.08 Å². The average Bonchev–Trinajstić information content (AvgIpc) is 2.61. The van der Waals surface area contributed by atoms with Crippen LogP contribution in [0.15, 0.2) is 53.9 Å². The lowest BCUT2D eigenvalue weighted by Gasteiger charge is -2.14. The maximum atomic E-state index is 12.4. The third-order valence-electron chi connectivity index (χ3n) is 3.72. The molecular weight excluding hydrogens is 372 g/mol. The third kappa shape index (κ3) is 5.89. The number of benzene rings is 2. The van der Waals surface area contributed by atoms with Gasteiger partial charge in [0, 0.05) is 11.1 Å². The first-order valence-electron chi connectivity index (χ1n) is 8.17. The van der Waals surface area contributed by atoms with E-state index >= 15 is 0 Å². The van der Waals surface area contributed by atoms with Crippen LogP contribution in [-0.4, -0.2) is 20.4 Å². The van der Waals surface area contributed by atoms with E-state index in [4.69, 9.17) is 11.6 Å². The molecule has 0 spiro atoms. The fourth-order valence-electron chi connectivity index (χ4n) is 2.10. The van der Waals surface area contributed by atoms with Crippen molar-refractivity contribution in [1.29, 1.82) is 0 Å². The van der Waals surface area contributed by atoms with Gasteiger partial charge in [0.1, 0.15) is 0 Å². The summed E-state index contributed by atoms with van der Waals surface area (Å²) in [6.45, 7) is 3.85. The van der Waals surface area contributed by atoms with Crippen molar-refractivity contribution in [3.05, 3.63) is 70.1 Å². The van der Waals surface area contributed by atoms with Gasteiger partial charge in [0.2, 0.25) is 0 Å². The summed E-state index contributed by atoms with van der Waals surface area (Å²) in [5.74, 6) is -0.320. The second-order valence-corrected chi connectivity index (χ2v) is 7.83. The molecule has 2 aromatic carbocycles. The number of para-hydroxylation sites is 1. The highest BCUT2D eigenvalue weighted by Gasteiger charge is 2.15. The van der Waals surface area contributed by atoms with Crippen LogP contribution in [0.4, 0.5) is 5.69 Å². The normalized spacial score (nSPS) is 12.7. The summed E-state index contributed by atoms with van der Waals surface area (Å²) in [6, 6.07) is 13.3. The summed E-state index contributed by atoms with van der Waals surface area (Å²) in [4.78, 5) is 12.4. The molecule has 0 aliphatic rings. The predicted molar refractivity (Wildman–Crippen MR) is 107 cm³/mol. The summed E-state index contributed by atoms with van der Waals surface area (Å²) in [7, 11) is -3.78. The quantitative estimate of drug-likeness (QED) is 0.738. The Labute approximate surface area is 159 Å². The molecule has 1 amide bonds. The maximum Gasteiger partial charge on any atom is 0.255 e. The van der Waals surface area contributed by atoms with Gasteiger partial charge in [-0.05, 0) is 49.2 Å². The molecule has 0 saturated carbocycles. The molecule has 0 bridgehead atoms. The number of carbonyl (C=O) groups excluding carboxylic acids is 1. The molecule has 26 heavy (non-hydrogen) atoms. The first kappa shape index (κ1) is 20.0. The lowest BCUT2D eigenvalue weighted by molar-refractivity contribution is 0.0940. The van der Waals surface area contributed by atoms with Crippen molar-refractivity contribution >= 4 is 39.3 Å². The first-order chi connectivity index (χ1) is 12.3. The number of carbonyl (C=O) groups is 1. The summed E-state index contributed by atoms with van der Waals surface area (Å²) >= 11 is 5.81. The minimum atomic E-state index is -3.78. The molecule has 0 aliphatic carbocycles. The molecule has 0 saturated heterocycles. The molecule has 2 aromatic rings. The van der Waals surface area contributed by atoms with Gasteiger partial charge < -0.3 is 5.32 Å². The Balaban J connectivity index is 2.19. The van der Waals surface area contributed by atoms with Crippen LogP contribution in [0.5, 0.6) is 0 Å². The van der Waals surface area contributed by atoms with Crippen LogP contribution in [0.1, 0.15) is 36.2 Å². The summed E-state index contributed by atoms with van der Waals surface area (Å²) in [6.07, 6.45) is 2.24. The first-order valence-corrected chi connectivity index (χ1v) is 10.1. The Hall–Kier alpha value is -2.31. The van der Waals surface area contributed by atoms with E-state index < -0.39 is 10.0 Å². The third-order valence-corrected chi connectivity index (χ3v) is 4.97. The molecule has 5 nitrogen and oxygen atoms in total. The number of nitrogens with one attached hydrogen (secondary N) is 2. The number of rotatable bonds is 7. The lowest BCUT2D eigenvalue weighted by Crippen LogP contribution is -2.32. The average molecular weight is 393 g/mol. The van der Waals surface area contributed by atoms with Crippen LogP contribution >= 0.6 is 11.6 Å². The van der Waals surface area contributed by atoms with Gasteiger partial charge in [-0.15, -0.1) is 0 Å². The van der Waals surface area contributed by atoms with E-state index in [0.29, 0.717) is 10.6 Å². The minimum Gasteiger partial charge on any atom is -0.350 e. The molecule has 1 unspecified atom stereocenters. The Bertz CT molecular complexity index is 893. The van der Waals surface area contributed by atoms with Crippen LogP contribution in [0.2, 0.25) is 5.02 Å². The molecule has 0 heterocycles. The van der Waals surface area contributed by atoms with E-state index in [0.717, 1.165) is 11.8 Å². The number of halogens is 1. The summed E-state index contributed by atoms with van der Waals surface area (Å²) < 4.78 is 27.1. The second kappa shape index (κ2) is 8.87. The number of amides is 1. The van der Waals surface area contributed by atoms with Crippen molar-refractivity contribution in [2.45, 2.75) is 26.3 Å². The highest BCUT2D eigenvalue weighted by atomic mass is 35.5. The van der Waals surface area contributed by atoms with Crippen LogP contribution in [0, 0.1) is 0 Å². The van der Waals surface area contributed by atoms with Gasteiger partial charge in [-0.2, -0.15) is 0 Å². The Morgan fingerprint density at radius 1 is 1.15 bits per heavy atom. The highest BCUT2D eigenvalue weighted by Crippen LogP contribution is 2.18. The van der Waals surface area contributed by atoms with Crippen LogP contribution < -0.4 is 10.0 Å². The molecule has 0 aromatic heterocycles. The molecule has 0 radical (unpaired) electrons. The molecular formula is C19H21ClN2O3S. The van der Waals surface area contributed by atoms with Crippen molar-refractivity contribution in [3.63, 3.8) is 0 Å². The zero-order valence-corrected chi connectivity index (χ0v) is 16.1. The number of sulfonamides is 1. The van der Waals surface area contributed by atoms with Crippen molar-refractivity contribution in [1.82, 2.24) is 5.32 Å². The van der Waals surface area contributed by atoms with Gasteiger partial charge in [-0.3, -0.25) is 9.52 Å². The predicted octanol–water partition coefficient (Wildman–Crippen LogP) is 4.28. The van der Waals surface area contributed by atoms with Crippen LogP contribution in [-0.2, 0) is 10.0 Å². The minimum absolute atomic E-state index is 0.00281. The Morgan fingerprint density at radius 2 is 1.81 bits per heavy atom. The molecule has 0 fully saturated rings. The number of hydrogen-bond acceptors (Lipinski definition) is 3. The highest BCUT2D eigenvalue weighted by molar-refractivity contribution is 7.95. The molecule has 138 valence electrons. The van der Waals surface area contributed by atoms with Crippen molar-refractivity contribution in [3.8, 4) is 0 Å². The molecule has 1 atom stereocenters. The van der Waals surface area contributed by atoms with E-state index in [9.17, 15) is 13.2 Å². The van der Waals surface area contributed by atoms with E-state index in [-0.39, 0.29) is 23.2 Å². The van der Waals surface area contributed by atoms with Gasteiger partial charge in [-0.1, -0.05) is 42.8 Å². The Kier molecular flexibility index (Phi) is 6.83. The molecule has 7 heteroatoms. The van der Waals surface area contributed by atoms with Gasteiger partial charge in [0.25, 0.3) is 15.9 Å². The molecule has 0 aliphatic heterocycles. The molecule has 2 N–H and O–H groups in total. The van der Waals surface area contributed by atoms with Gasteiger partial charge in [0.05, 0.1) is 16.7 Å². The number of anilines is 1. The van der Waals surface area contributed by atoms with Crippen molar-refractivity contribution in [2.75, 3.05) is 4.72 Å². The van der Waals surface area contributed by atoms with Gasteiger partial charge in [0.15, 0.2) is 0 Å². The summed E-state index contributed by atoms with van der Waals surface area (Å²) in [5, 5.41) is 4.46. The second-order valence-electron chi connectivity index (χ2n) is 5.83. The maximum absolute atomic E-state index is 12.4. The fraction of sp³-hybridized carbons (Fsp3) is 0.211. The smallest absolute Gasteiger partial charge is 0.255 e. The van der Waals surface area contributed by atoms with E-state index in [1.54, 1.807) is 48.5 Å². The largest absolute Gasteiger partial charge is 0.350 e. The SMILES string of the molecule is CCC(C)NC(=O)c1ccccc1NS(=O)(=O)/C=C/c1ccc(Cl)cc1.